The number of benzene rings is 4. The molecule has 0 heterocycles. The van der Waals surface area contributed by atoms with Gasteiger partial charge in [0.25, 0.3) is 0 Å². The molecule has 0 aromatic heterocycles. The van der Waals surface area contributed by atoms with Crippen LogP contribution < -0.4 is 14.2 Å². The van der Waals surface area contributed by atoms with Crippen molar-refractivity contribution in [1.29, 1.82) is 0 Å². The van der Waals surface area contributed by atoms with Crippen LogP contribution in [-0.4, -0.2) is 5.11 Å². The van der Waals surface area contributed by atoms with Crippen molar-refractivity contribution < 1.29 is 19.3 Å². The van der Waals surface area contributed by atoms with E-state index < -0.39 is 0 Å². The van der Waals surface area contributed by atoms with Crippen LogP contribution in [0.5, 0.6) is 40.2 Å². The average Bonchev–Trinajstić information content (AvgIpc) is 3.09. The van der Waals surface area contributed by atoms with Crippen LogP contribution in [0, 0.1) is 0 Å². The number of phenolic OH excluding ortho intramolecular Hbond substituents is 1. The highest BCUT2D eigenvalue weighted by atomic mass is 16.5. The highest BCUT2D eigenvalue weighted by molar-refractivity contribution is 5.64. The molecule has 0 radical (unpaired) electrons. The van der Waals surface area contributed by atoms with Crippen LogP contribution >= 0.6 is 0 Å². The van der Waals surface area contributed by atoms with Gasteiger partial charge in [-0.1, -0.05) is 80.5 Å². The van der Waals surface area contributed by atoms with E-state index in [0.717, 1.165) is 80.6 Å². The van der Waals surface area contributed by atoms with Crippen LogP contribution in [0.3, 0.4) is 0 Å². The number of rotatable bonds is 15. The van der Waals surface area contributed by atoms with Crippen LogP contribution in [-0.2, 0) is 57.8 Å². The monoisotopic (exact) mass is 622 g/mol. The first-order valence-electron chi connectivity index (χ1n) is 17.6. The van der Waals surface area contributed by atoms with Crippen LogP contribution in [0.4, 0.5) is 0 Å². The van der Waals surface area contributed by atoms with E-state index in [1.807, 2.05) is 6.07 Å². The van der Waals surface area contributed by atoms with Crippen molar-refractivity contribution in [3.63, 3.8) is 0 Å². The Morgan fingerprint density at radius 3 is 1.02 bits per heavy atom. The van der Waals surface area contributed by atoms with Crippen LogP contribution in [0.25, 0.3) is 0 Å². The van der Waals surface area contributed by atoms with Gasteiger partial charge in [0.1, 0.15) is 17.2 Å². The Hall–Kier alpha value is -3.92. The van der Waals surface area contributed by atoms with Gasteiger partial charge in [-0.2, -0.15) is 0 Å². The lowest BCUT2D eigenvalue weighted by Crippen LogP contribution is -2.04. The summed E-state index contributed by atoms with van der Waals surface area (Å²) in [5.41, 5.74) is 11.5. The van der Waals surface area contributed by atoms with Gasteiger partial charge >= 0.3 is 0 Å². The van der Waals surface area contributed by atoms with E-state index in [0.29, 0.717) is 11.5 Å². The fraction of sp³-hybridized carbons (Fsp3) is 0.429. The van der Waals surface area contributed by atoms with Gasteiger partial charge in [-0.3, -0.25) is 0 Å². The van der Waals surface area contributed by atoms with Crippen LogP contribution in [0.2, 0.25) is 0 Å². The lowest BCUT2D eigenvalue weighted by Gasteiger charge is -2.23. The molecule has 0 aliphatic carbocycles. The molecular weight excluding hydrogens is 568 g/mol. The van der Waals surface area contributed by atoms with Gasteiger partial charge in [-0.25, -0.2) is 0 Å². The second-order valence-electron chi connectivity index (χ2n) is 11.8. The van der Waals surface area contributed by atoms with Crippen molar-refractivity contribution in [2.75, 3.05) is 0 Å². The Balaban J connectivity index is 1.96. The Morgan fingerprint density at radius 1 is 0.348 bits per heavy atom. The molecule has 0 atom stereocenters. The molecule has 0 fully saturated rings. The van der Waals surface area contributed by atoms with Gasteiger partial charge in [-0.15, -0.1) is 0 Å². The first-order valence-corrected chi connectivity index (χ1v) is 17.6. The zero-order valence-electron chi connectivity index (χ0n) is 29.7. The van der Waals surface area contributed by atoms with Gasteiger partial charge in [0, 0.05) is 0 Å². The van der Waals surface area contributed by atoms with Gasteiger partial charge in [0.15, 0.2) is 11.5 Å². The summed E-state index contributed by atoms with van der Waals surface area (Å²) in [6.45, 7) is 19.7. The highest BCUT2D eigenvalue weighted by Crippen LogP contribution is 2.51. The Kier molecular flexibility index (Phi) is 12.2. The quantitative estimate of drug-likeness (QED) is 0.143. The molecule has 0 unspecified atom stereocenters. The van der Waals surface area contributed by atoms with E-state index in [9.17, 15) is 5.11 Å². The smallest absolute Gasteiger partial charge is 0.216 e. The summed E-state index contributed by atoms with van der Waals surface area (Å²) in [6, 6.07) is 16.1. The Morgan fingerprint density at radius 2 is 0.674 bits per heavy atom. The first-order chi connectivity index (χ1) is 22.3. The van der Waals surface area contributed by atoms with Gasteiger partial charge in [0.05, 0.1) is 0 Å². The summed E-state index contributed by atoms with van der Waals surface area (Å²) < 4.78 is 20.4. The fourth-order valence-corrected chi connectivity index (χ4v) is 7.07. The normalized spacial score (nSPS) is 11.2. The van der Waals surface area contributed by atoms with Crippen molar-refractivity contribution in [3.8, 4) is 40.2 Å². The summed E-state index contributed by atoms with van der Waals surface area (Å²) in [5.74, 6) is 3.45. The maximum absolute atomic E-state index is 11.4. The van der Waals surface area contributed by atoms with E-state index >= 15 is 0 Å². The number of phenols is 1. The standard InChI is InChI=1S/C42H54O4/c1-10-27-19-23-37(33(16-7)30(27)13-4)44-40-26-22-36(43)41(45-38-24-20-28(11-2)31(14-5)34(38)17-8)42(40)46-39-25-21-29(12-3)32(15-6)35(39)18-9/h19-26,43H,10-18H2,1-9H3. The van der Waals surface area contributed by atoms with E-state index in [4.69, 9.17) is 14.2 Å². The largest absolute Gasteiger partial charge is 0.504 e. The summed E-state index contributed by atoms with van der Waals surface area (Å²) in [7, 11) is 0. The molecule has 0 bridgehead atoms. The molecule has 4 nitrogen and oxygen atoms in total. The first kappa shape index (κ1) is 34.9. The molecule has 46 heavy (non-hydrogen) atoms. The van der Waals surface area contributed by atoms with Gasteiger partial charge < -0.3 is 19.3 Å². The van der Waals surface area contributed by atoms with Crippen molar-refractivity contribution in [1.82, 2.24) is 0 Å². The minimum Gasteiger partial charge on any atom is -0.504 e. The maximum atomic E-state index is 11.4. The summed E-state index contributed by atoms with van der Waals surface area (Å²) in [5, 5.41) is 11.4. The lowest BCUT2D eigenvalue weighted by molar-refractivity contribution is 0.359. The molecule has 0 amide bonds. The van der Waals surface area contributed by atoms with Crippen molar-refractivity contribution in [3.05, 3.63) is 98.6 Å². The van der Waals surface area contributed by atoms with Gasteiger partial charge in [0.2, 0.25) is 11.5 Å². The minimum absolute atomic E-state index is 0.00672. The SMILES string of the molecule is CCc1ccc(Oc2ccc(O)c(Oc3ccc(CC)c(CC)c3CC)c2Oc2ccc(CC)c(CC)c2CC)c(CC)c1CC. The van der Waals surface area contributed by atoms with Crippen molar-refractivity contribution in [2.45, 2.75) is 120 Å². The van der Waals surface area contributed by atoms with E-state index in [-0.39, 0.29) is 11.5 Å². The molecule has 4 aromatic carbocycles. The molecule has 4 heteroatoms. The molecule has 246 valence electrons. The molecule has 4 aromatic rings. The molecule has 0 spiro atoms. The van der Waals surface area contributed by atoms with Gasteiger partial charge in [-0.05, 0) is 138 Å². The summed E-state index contributed by atoms with van der Waals surface area (Å²) in [6.07, 6.45) is 8.18. The number of hydrogen-bond donors (Lipinski definition) is 1. The molecule has 4 rings (SSSR count). The zero-order valence-corrected chi connectivity index (χ0v) is 29.7. The van der Waals surface area contributed by atoms with E-state index in [1.54, 1.807) is 12.1 Å². The summed E-state index contributed by atoms with van der Waals surface area (Å²) in [4.78, 5) is 0. The number of hydrogen-bond acceptors (Lipinski definition) is 4. The molecule has 0 saturated carbocycles. The number of aromatic hydroxyl groups is 1. The van der Waals surface area contributed by atoms with Crippen LogP contribution in [0.15, 0.2) is 48.5 Å². The number of aryl methyl sites for hydroxylation is 3. The number of ether oxygens (including phenoxy) is 3. The second kappa shape index (κ2) is 16.1. The third-order valence-electron chi connectivity index (χ3n) is 9.42. The maximum Gasteiger partial charge on any atom is 0.216 e. The topological polar surface area (TPSA) is 47.9 Å². The van der Waals surface area contributed by atoms with Crippen molar-refractivity contribution in [2.24, 2.45) is 0 Å². The summed E-state index contributed by atoms with van der Waals surface area (Å²) >= 11 is 0. The highest BCUT2D eigenvalue weighted by Gasteiger charge is 2.25. The predicted octanol–water partition coefficient (Wildman–Crippen LogP) is 11.8. The molecule has 0 aliphatic rings. The molecule has 0 saturated heterocycles. The fourth-order valence-electron chi connectivity index (χ4n) is 7.07. The van der Waals surface area contributed by atoms with E-state index in [1.165, 1.54) is 44.5 Å². The third-order valence-corrected chi connectivity index (χ3v) is 9.42. The van der Waals surface area contributed by atoms with Crippen LogP contribution in [0.1, 0.15) is 112 Å². The minimum atomic E-state index is 0.00672. The Bertz CT molecular complexity index is 1650. The average molecular weight is 623 g/mol. The molecular formula is C42H54O4. The lowest BCUT2D eigenvalue weighted by atomic mass is 9.94. The third kappa shape index (κ3) is 6.92. The van der Waals surface area contributed by atoms with E-state index in [2.05, 4.69) is 92.6 Å². The zero-order chi connectivity index (χ0) is 33.4. The predicted molar refractivity (Wildman–Crippen MR) is 192 cm³/mol. The molecule has 0 aliphatic heterocycles. The second-order valence-corrected chi connectivity index (χ2v) is 11.8. The molecule has 1 N–H and O–H groups in total. The van der Waals surface area contributed by atoms with Crippen molar-refractivity contribution >= 4 is 0 Å². The Labute approximate surface area is 277 Å².